The summed E-state index contributed by atoms with van der Waals surface area (Å²) in [5, 5.41) is 4.58. The third-order valence-electron chi connectivity index (χ3n) is 5.28. The van der Waals surface area contributed by atoms with Crippen molar-refractivity contribution in [3.05, 3.63) is 54.3 Å². The van der Waals surface area contributed by atoms with Gasteiger partial charge in [0.05, 0.1) is 29.4 Å². The fraction of sp³-hybridized carbons (Fsp3) is 0.304. The van der Waals surface area contributed by atoms with Crippen molar-refractivity contribution < 1.29 is 27.1 Å². The molecule has 2 heterocycles. The minimum absolute atomic E-state index is 0.0635. The highest BCUT2D eigenvalue weighted by Gasteiger charge is 2.29. The fourth-order valence-corrected chi connectivity index (χ4v) is 4.26. The first kappa shape index (κ1) is 22.2. The summed E-state index contributed by atoms with van der Waals surface area (Å²) in [4.78, 5) is 12.5. The Morgan fingerprint density at radius 1 is 1.12 bits per heavy atom. The number of aromatic nitrogens is 2. The molecule has 1 aromatic heterocycles. The van der Waals surface area contributed by atoms with Gasteiger partial charge in [-0.3, -0.25) is 9.48 Å². The Bertz CT molecular complexity index is 1230. The second-order valence-corrected chi connectivity index (χ2v) is 9.56. The number of ketones is 1. The van der Waals surface area contributed by atoms with Crippen molar-refractivity contribution in [1.82, 2.24) is 9.78 Å². The maximum absolute atomic E-state index is 13.6. The van der Waals surface area contributed by atoms with E-state index in [1.165, 1.54) is 24.3 Å². The Kier molecular flexibility index (Phi) is 6.12. The van der Waals surface area contributed by atoms with E-state index in [0.29, 0.717) is 35.5 Å². The summed E-state index contributed by atoms with van der Waals surface area (Å²) in [6.07, 6.45) is 0.645. The van der Waals surface area contributed by atoms with Crippen LogP contribution in [0.4, 0.5) is 4.39 Å². The topological polar surface area (TPSA) is 87.5 Å². The molecule has 1 unspecified atom stereocenters. The van der Waals surface area contributed by atoms with Gasteiger partial charge in [-0.05, 0) is 36.8 Å². The van der Waals surface area contributed by atoms with E-state index in [0.717, 1.165) is 6.26 Å². The molecule has 0 spiro atoms. The van der Waals surface area contributed by atoms with Crippen LogP contribution < -0.4 is 4.74 Å². The number of sulfone groups is 1. The van der Waals surface area contributed by atoms with Gasteiger partial charge in [0.2, 0.25) is 5.88 Å². The van der Waals surface area contributed by atoms with Crippen LogP contribution in [0.3, 0.4) is 0 Å². The molecule has 1 fully saturated rings. The summed E-state index contributed by atoms with van der Waals surface area (Å²) in [6, 6.07) is 12.4. The zero-order valence-electron chi connectivity index (χ0n) is 17.7. The lowest BCUT2D eigenvalue weighted by atomic mass is 10.0. The lowest BCUT2D eigenvalue weighted by Gasteiger charge is -2.21. The summed E-state index contributed by atoms with van der Waals surface area (Å²) in [6.45, 7) is 2.91. The van der Waals surface area contributed by atoms with E-state index in [2.05, 4.69) is 5.10 Å². The number of halogens is 1. The van der Waals surface area contributed by atoms with Crippen LogP contribution in [0.1, 0.15) is 13.3 Å². The first-order chi connectivity index (χ1) is 15.3. The van der Waals surface area contributed by atoms with Crippen LogP contribution in [0, 0.1) is 5.82 Å². The number of rotatable bonds is 6. The number of ether oxygens (including phenoxy) is 2. The summed E-state index contributed by atoms with van der Waals surface area (Å²) in [5.41, 5.74) is 2.65. The first-order valence-electron chi connectivity index (χ1n) is 10.2. The molecule has 1 saturated heterocycles. The molecule has 168 valence electrons. The molecular weight excluding hydrogens is 435 g/mol. The average Bonchev–Trinajstić information content (AvgIpc) is 3.13. The lowest BCUT2D eigenvalue weighted by molar-refractivity contribution is -0.135. The highest BCUT2D eigenvalue weighted by Crippen LogP contribution is 2.40. The van der Waals surface area contributed by atoms with Crippen LogP contribution in [0.25, 0.3) is 22.4 Å². The van der Waals surface area contributed by atoms with Crippen molar-refractivity contribution in [2.75, 3.05) is 19.5 Å². The van der Waals surface area contributed by atoms with E-state index >= 15 is 0 Å². The van der Waals surface area contributed by atoms with Gasteiger partial charge in [-0.15, -0.1) is 5.10 Å². The fourth-order valence-electron chi connectivity index (χ4n) is 3.63. The predicted molar refractivity (Wildman–Crippen MR) is 117 cm³/mol. The van der Waals surface area contributed by atoms with Gasteiger partial charge in [-0.2, -0.15) is 0 Å². The highest BCUT2D eigenvalue weighted by atomic mass is 32.2. The third kappa shape index (κ3) is 4.44. The Hall–Kier alpha value is -3.04. The molecule has 4 rings (SSSR count). The van der Waals surface area contributed by atoms with Crippen molar-refractivity contribution in [1.29, 1.82) is 0 Å². The number of hydrogen-bond acceptors (Lipinski definition) is 6. The number of carbonyl (C=O) groups excluding carboxylic acids is 1. The Balaban J connectivity index is 1.87. The van der Waals surface area contributed by atoms with Gasteiger partial charge in [-0.1, -0.05) is 24.3 Å². The van der Waals surface area contributed by atoms with Gasteiger partial charge in [0.15, 0.2) is 21.7 Å². The van der Waals surface area contributed by atoms with Crippen molar-refractivity contribution >= 4 is 15.6 Å². The zero-order chi connectivity index (χ0) is 22.9. The summed E-state index contributed by atoms with van der Waals surface area (Å²) in [5.74, 6) is -0.204. The van der Waals surface area contributed by atoms with Crippen molar-refractivity contribution in [2.24, 2.45) is 0 Å². The molecule has 1 aliphatic rings. The number of aryl methyl sites for hydroxylation is 1. The standard InChI is InChI=1S/C23H23FN2O5S/c1-3-26-22(16-6-10-18(11-7-16)32(2,28)29)21(15-4-8-17(24)9-5-15)23(25-26)31-20-14-30-13-12-19(20)27/h4-11,20H,3,12-14H2,1-2H3. The molecule has 32 heavy (non-hydrogen) atoms. The number of benzene rings is 2. The first-order valence-corrected chi connectivity index (χ1v) is 12.1. The Labute approximate surface area is 185 Å². The van der Waals surface area contributed by atoms with Crippen LogP contribution in [0.15, 0.2) is 53.4 Å². The second kappa shape index (κ2) is 8.84. The molecule has 7 nitrogen and oxygen atoms in total. The smallest absolute Gasteiger partial charge is 0.242 e. The molecule has 3 aromatic rings. The van der Waals surface area contributed by atoms with Crippen molar-refractivity contribution in [3.8, 4) is 28.3 Å². The molecule has 1 atom stereocenters. The highest BCUT2D eigenvalue weighted by molar-refractivity contribution is 7.90. The summed E-state index contributed by atoms with van der Waals surface area (Å²) in [7, 11) is -3.34. The Morgan fingerprint density at radius 3 is 2.38 bits per heavy atom. The molecule has 0 aliphatic carbocycles. The van der Waals surface area contributed by atoms with Gasteiger partial charge in [0.25, 0.3) is 0 Å². The molecule has 9 heteroatoms. The Morgan fingerprint density at radius 2 is 1.78 bits per heavy atom. The number of Topliss-reactive ketones (excluding diaryl/α,β-unsaturated/α-hetero) is 1. The van der Waals surface area contributed by atoms with Gasteiger partial charge in [-0.25, -0.2) is 12.8 Å². The van der Waals surface area contributed by atoms with Gasteiger partial charge >= 0.3 is 0 Å². The van der Waals surface area contributed by atoms with Gasteiger partial charge in [0, 0.05) is 24.8 Å². The van der Waals surface area contributed by atoms with Crippen molar-refractivity contribution in [3.63, 3.8) is 0 Å². The minimum atomic E-state index is -3.34. The predicted octanol–water partition coefficient (Wildman–Crippen LogP) is 3.52. The summed E-state index contributed by atoms with van der Waals surface area (Å²) < 4.78 is 50.5. The van der Waals surface area contributed by atoms with Crippen LogP contribution in [0.5, 0.6) is 5.88 Å². The van der Waals surface area contributed by atoms with E-state index in [9.17, 15) is 17.6 Å². The lowest BCUT2D eigenvalue weighted by Crippen LogP contribution is -2.37. The van der Waals surface area contributed by atoms with Crippen LogP contribution in [0.2, 0.25) is 0 Å². The van der Waals surface area contributed by atoms with E-state index in [4.69, 9.17) is 9.47 Å². The number of nitrogens with zero attached hydrogens (tertiary/aromatic N) is 2. The molecule has 0 N–H and O–H groups in total. The van der Waals surface area contributed by atoms with E-state index in [1.807, 2.05) is 6.92 Å². The number of hydrogen-bond donors (Lipinski definition) is 0. The van der Waals surface area contributed by atoms with E-state index in [-0.39, 0.29) is 35.4 Å². The molecule has 0 radical (unpaired) electrons. The normalized spacial score (nSPS) is 16.8. The van der Waals surface area contributed by atoms with Crippen LogP contribution >= 0.6 is 0 Å². The monoisotopic (exact) mass is 458 g/mol. The molecule has 0 bridgehead atoms. The van der Waals surface area contributed by atoms with Crippen molar-refractivity contribution in [2.45, 2.75) is 30.9 Å². The maximum Gasteiger partial charge on any atom is 0.242 e. The SMILES string of the molecule is CCn1nc(OC2COCCC2=O)c(-c2ccc(F)cc2)c1-c1ccc(S(C)(=O)=O)cc1. The van der Waals surface area contributed by atoms with Crippen LogP contribution in [-0.4, -0.2) is 49.6 Å². The summed E-state index contributed by atoms with van der Waals surface area (Å²) >= 11 is 0. The zero-order valence-corrected chi connectivity index (χ0v) is 18.6. The second-order valence-electron chi connectivity index (χ2n) is 7.55. The maximum atomic E-state index is 13.6. The number of carbonyl (C=O) groups is 1. The van der Waals surface area contributed by atoms with Gasteiger partial charge < -0.3 is 9.47 Å². The molecular formula is C23H23FN2O5S. The largest absolute Gasteiger partial charge is 0.462 e. The van der Waals surface area contributed by atoms with E-state index < -0.39 is 15.9 Å². The quantitative estimate of drug-likeness (QED) is 0.562. The molecule has 2 aromatic carbocycles. The minimum Gasteiger partial charge on any atom is -0.462 e. The van der Waals surface area contributed by atoms with Gasteiger partial charge in [0.1, 0.15) is 5.82 Å². The average molecular weight is 459 g/mol. The molecule has 0 amide bonds. The molecule has 0 saturated carbocycles. The molecule has 1 aliphatic heterocycles. The van der Waals surface area contributed by atoms with Crippen LogP contribution in [-0.2, 0) is 25.9 Å². The van der Waals surface area contributed by atoms with E-state index in [1.54, 1.807) is 28.9 Å². The third-order valence-corrected chi connectivity index (χ3v) is 6.41.